The van der Waals surface area contributed by atoms with Gasteiger partial charge in [0.15, 0.2) is 5.82 Å². The van der Waals surface area contributed by atoms with Crippen molar-refractivity contribution in [2.45, 2.75) is 11.7 Å². The quantitative estimate of drug-likeness (QED) is 0.501. The van der Waals surface area contributed by atoms with Crippen molar-refractivity contribution in [3.8, 4) is 11.4 Å². The summed E-state index contributed by atoms with van der Waals surface area (Å²) >= 11 is 8.24. The van der Waals surface area contributed by atoms with Gasteiger partial charge in [0.05, 0.1) is 5.75 Å². The molecule has 0 unspecified atom stereocenters. The number of rotatable bonds is 6. The van der Waals surface area contributed by atoms with Gasteiger partial charge in [0.25, 0.3) is 0 Å². The lowest BCUT2D eigenvalue weighted by Gasteiger charge is -2.16. The fourth-order valence-electron chi connectivity index (χ4n) is 2.27. The van der Waals surface area contributed by atoms with E-state index in [1.807, 2.05) is 48.5 Å². The fourth-order valence-corrected chi connectivity index (χ4v) is 3.75. The maximum atomic E-state index is 12.3. The van der Waals surface area contributed by atoms with E-state index in [1.54, 1.807) is 11.9 Å². The van der Waals surface area contributed by atoms with Gasteiger partial charge >= 0.3 is 0 Å². The van der Waals surface area contributed by atoms with Gasteiger partial charge in [-0.1, -0.05) is 74.0 Å². The molecule has 0 saturated carbocycles. The van der Waals surface area contributed by atoms with Gasteiger partial charge in [0, 0.05) is 28.1 Å². The number of nitrogens with one attached hydrogen (secondary N) is 1. The van der Waals surface area contributed by atoms with Crippen LogP contribution in [-0.4, -0.2) is 38.8 Å². The molecule has 1 amide bonds. The molecule has 3 aromatic rings. The van der Waals surface area contributed by atoms with Crippen LogP contribution < -0.4 is 0 Å². The Morgan fingerprint density at radius 3 is 2.62 bits per heavy atom. The van der Waals surface area contributed by atoms with E-state index in [2.05, 4.69) is 47.0 Å². The van der Waals surface area contributed by atoms with Crippen molar-refractivity contribution in [2.75, 3.05) is 12.8 Å². The first-order valence-electron chi connectivity index (χ1n) is 7.81. The molecule has 0 spiro atoms. The van der Waals surface area contributed by atoms with Crippen molar-refractivity contribution in [3.05, 3.63) is 63.0 Å². The van der Waals surface area contributed by atoms with E-state index >= 15 is 0 Å². The highest BCUT2D eigenvalue weighted by Crippen LogP contribution is 2.26. The summed E-state index contributed by atoms with van der Waals surface area (Å²) in [5.74, 6) is 1.00. The van der Waals surface area contributed by atoms with Crippen LogP contribution in [0.4, 0.5) is 0 Å². The van der Waals surface area contributed by atoms with E-state index in [1.165, 1.54) is 11.8 Å². The van der Waals surface area contributed by atoms with Crippen molar-refractivity contribution >= 4 is 49.5 Å². The van der Waals surface area contributed by atoms with Gasteiger partial charge < -0.3 is 4.90 Å². The minimum atomic E-state index is 0.0326. The fraction of sp³-hybridized carbons (Fsp3) is 0.167. The molecule has 1 aromatic heterocycles. The van der Waals surface area contributed by atoms with Crippen LogP contribution in [0.2, 0.25) is 0 Å². The van der Waals surface area contributed by atoms with Crippen LogP contribution in [0.15, 0.2) is 62.6 Å². The number of benzene rings is 2. The minimum absolute atomic E-state index is 0.0326. The number of carbonyl (C=O) groups is 1. The van der Waals surface area contributed by atoms with Gasteiger partial charge in [0.2, 0.25) is 11.1 Å². The summed E-state index contributed by atoms with van der Waals surface area (Å²) in [5.41, 5.74) is 2.02. The second-order valence-electron chi connectivity index (χ2n) is 5.61. The summed E-state index contributed by atoms with van der Waals surface area (Å²) in [6.07, 6.45) is 0. The van der Waals surface area contributed by atoms with E-state index in [0.717, 1.165) is 20.1 Å². The first-order chi connectivity index (χ1) is 12.5. The Morgan fingerprint density at radius 2 is 1.88 bits per heavy atom. The van der Waals surface area contributed by atoms with Crippen LogP contribution in [-0.2, 0) is 11.3 Å². The molecule has 0 atom stereocenters. The maximum absolute atomic E-state index is 12.3. The average molecular weight is 496 g/mol. The standard InChI is InChI=1S/C18H16Br2N4OS/c1-24(10-12-6-8-13(19)9-7-12)16(25)11-26-18-21-17(22-23-18)14-4-2-3-5-15(14)20/h2-9H,10-11H2,1H3,(H,21,22,23). The van der Waals surface area contributed by atoms with E-state index in [4.69, 9.17) is 0 Å². The minimum Gasteiger partial charge on any atom is -0.341 e. The summed E-state index contributed by atoms with van der Waals surface area (Å²) in [4.78, 5) is 18.5. The van der Waals surface area contributed by atoms with Crippen molar-refractivity contribution in [3.63, 3.8) is 0 Å². The van der Waals surface area contributed by atoms with Crippen LogP contribution in [0.5, 0.6) is 0 Å². The number of aromatic amines is 1. The second kappa shape index (κ2) is 8.83. The number of H-pyrrole nitrogens is 1. The number of hydrogen-bond acceptors (Lipinski definition) is 4. The highest BCUT2D eigenvalue weighted by molar-refractivity contribution is 9.10. The molecule has 0 saturated heterocycles. The first-order valence-corrected chi connectivity index (χ1v) is 10.4. The van der Waals surface area contributed by atoms with Gasteiger partial charge in [-0.2, -0.15) is 0 Å². The van der Waals surface area contributed by atoms with Crippen molar-refractivity contribution in [2.24, 2.45) is 0 Å². The molecule has 0 fully saturated rings. The second-order valence-corrected chi connectivity index (χ2v) is 8.32. The lowest BCUT2D eigenvalue weighted by atomic mass is 10.2. The van der Waals surface area contributed by atoms with Crippen molar-refractivity contribution in [1.82, 2.24) is 20.1 Å². The lowest BCUT2D eigenvalue weighted by molar-refractivity contribution is -0.127. The molecule has 0 aliphatic carbocycles. The first kappa shape index (κ1) is 19.1. The molecule has 5 nitrogen and oxygen atoms in total. The maximum Gasteiger partial charge on any atom is 0.233 e. The molecule has 0 aliphatic rings. The van der Waals surface area contributed by atoms with Gasteiger partial charge in [-0.25, -0.2) is 4.98 Å². The Balaban J connectivity index is 1.56. The number of amides is 1. The van der Waals surface area contributed by atoms with E-state index < -0.39 is 0 Å². The molecular weight excluding hydrogens is 480 g/mol. The molecular formula is C18H16Br2N4OS. The predicted molar refractivity (Wildman–Crippen MR) is 111 cm³/mol. The molecule has 1 N–H and O–H groups in total. The number of thioether (sulfide) groups is 1. The van der Waals surface area contributed by atoms with Crippen LogP contribution in [0.3, 0.4) is 0 Å². The zero-order valence-electron chi connectivity index (χ0n) is 13.9. The Hall–Kier alpha value is -1.64. The van der Waals surface area contributed by atoms with Gasteiger partial charge in [-0.15, -0.1) is 5.10 Å². The SMILES string of the molecule is CN(Cc1ccc(Br)cc1)C(=O)CSc1n[nH]c(-c2ccccc2Br)n1. The number of carbonyl (C=O) groups excluding carboxylic acids is 1. The Morgan fingerprint density at radius 1 is 1.15 bits per heavy atom. The van der Waals surface area contributed by atoms with E-state index in [0.29, 0.717) is 23.3 Å². The third kappa shape index (κ3) is 4.96. The van der Waals surface area contributed by atoms with Gasteiger partial charge in [-0.05, 0) is 23.8 Å². The van der Waals surface area contributed by atoms with Crippen LogP contribution in [0.1, 0.15) is 5.56 Å². The van der Waals surface area contributed by atoms with Crippen molar-refractivity contribution in [1.29, 1.82) is 0 Å². The van der Waals surface area contributed by atoms with Crippen molar-refractivity contribution < 1.29 is 4.79 Å². The summed E-state index contributed by atoms with van der Waals surface area (Å²) in [6.45, 7) is 0.572. The molecule has 0 bridgehead atoms. The molecule has 3 rings (SSSR count). The molecule has 8 heteroatoms. The smallest absolute Gasteiger partial charge is 0.233 e. The summed E-state index contributed by atoms with van der Waals surface area (Å²) in [5, 5.41) is 7.67. The Bertz CT molecular complexity index is 898. The van der Waals surface area contributed by atoms with Gasteiger partial charge in [0.1, 0.15) is 0 Å². The normalized spacial score (nSPS) is 10.7. The Labute approximate surface area is 172 Å². The molecule has 134 valence electrons. The number of halogens is 2. The summed E-state index contributed by atoms with van der Waals surface area (Å²) < 4.78 is 1.97. The monoisotopic (exact) mass is 494 g/mol. The lowest BCUT2D eigenvalue weighted by Crippen LogP contribution is -2.27. The van der Waals surface area contributed by atoms with Crippen LogP contribution >= 0.6 is 43.6 Å². The van der Waals surface area contributed by atoms with E-state index in [9.17, 15) is 4.79 Å². The average Bonchev–Trinajstić information content (AvgIpc) is 3.10. The number of hydrogen-bond donors (Lipinski definition) is 1. The topological polar surface area (TPSA) is 61.9 Å². The zero-order chi connectivity index (χ0) is 18.5. The molecule has 26 heavy (non-hydrogen) atoms. The molecule has 1 heterocycles. The highest BCUT2D eigenvalue weighted by Gasteiger charge is 2.13. The number of aromatic nitrogens is 3. The molecule has 0 radical (unpaired) electrons. The molecule has 0 aliphatic heterocycles. The highest BCUT2D eigenvalue weighted by atomic mass is 79.9. The predicted octanol–water partition coefficient (Wildman–Crippen LogP) is 4.75. The van der Waals surface area contributed by atoms with Crippen LogP contribution in [0, 0.1) is 0 Å². The van der Waals surface area contributed by atoms with E-state index in [-0.39, 0.29) is 5.91 Å². The van der Waals surface area contributed by atoms with Crippen LogP contribution in [0.25, 0.3) is 11.4 Å². The third-order valence-corrected chi connectivity index (χ3v) is 5.73. The summed E-state index contributed by atoms with van der Waals surface area (Å²) in [6, 6.07) is 15.7. The largest absolute Gasteiger partial charge is 0.341 e. The third-order valence-electron chi connectivity index (χ3n) is 3.68. The molecule has 2 aromatic carbocycles. The summed E-state index contributed by atoms with van der Waals surface area (Å²) in [7, 11) is 1.80. The number of nitrogens with zero attached hydrogens (tertiary/aromatic N) is 3. The van der Waals surface area contributed by atoms with Gasteiger partial charge in [-0.3, -0.25) is 9.89 Å². The zero-order valence-corrected chi connectivity index (χ0v) is 17.9. The Kier molecular flexibility index (Phi) is 6.50.